The predicted octanol–water partition coefficient (Wildman–Crippen LogP) is 3.82. The van der Waals surface area contributed by atoms with Gasteiger partial charge in [0.15, 0.2) is 0 Å². The first-order valence-electron chi connectivity index (χ1n) is 7.17. The molecule has 0 heterocycles. The van der Waals surface area contributed by atoms with Gasteiger partial charge in [-0.3, -0.25) is 0 Å². The summed E-state index contributed by atoms with van der Waals surface area (Å²) in [6.07, 6.45) is 2.34. The van der Waals surface area contributed by atoms with Gasteiger partial charge >= 0.3 is 0 Å². The fourth-order valence-electron chi connectivity index (χ4n) is 1.60. The smallest absolute Gasteiger partial charge is 0.129 e. The zero-order valence-corrected chi connectivity index (χ0v) is 14.0. The van der Waals surface area contributed by atoms with Crippen molar-refractivity contribution in [2.24, 2.45) is 0 Å². The van der Waals surface area contributed by atoms with E-state index < -0.39 is 8.07 Å². The molecule has 1 atom stereocenters. The van der Waals surface area contributed by atoms with Crippen molar-refractivity contribution in [1.29, 1.82) is 0 Å². The maximum atomic E-state index is 9.20. The lowest BCUT2D eigenvalue weighted by atomic mass is 10.1. The first-order valence-corrected chi connectivity index (χ1v) is 10.7. The molecule has 0 aliphatic rings. The summed E-state index contributed by atoms with van der Waals surface area (Å²) in [4.78, 5) is 0. The van der Waals surface area contributed by atoms with Gasteiger partial charge in [-0.15, -0.1) is 5.54 Å². The third kappa shape index (κ3) is 7.19. The Labute approximate surface area is 124 Å². The molecule has 1 nitrogen and oxygen atoms in total. The normalized spacial score (nSPS) is 11.8. The Hall–Kier alpha value is -1.48. The molecule has 0 radical (unpaired) electrons. The van der Waals surface area contributed by atoms with Crippen LogP contribution in [-0.2, 0) is 0 Å². The second kappa shape index (κ2) is 7.95. The number of unbranched alkanes of at least 4 members (excludes halogenated alkanes) is 1. The van der Waals surface area contributed by atoms with Gasteiger partial charge in [-0.1, -0.05) is 49.5 Å². The maximum absolute atomic E-state index is 9.20. The van der Waals surface area contributed by atoms with Crippen molar-refractivity contribution in [3.05, 3.63) is 35.4 Å². The number of aliphatic hydroxyl groups excluding tert-OH is 1. The molecular formula is C18H24OSi. The number of aliphatic hydroxyl groups is 1. The lowest BCUT2D eigenvalue weighted by molar-refractivity contribution is 0.182. The summed E-state index contributed by atoms with van der Waals surface area (Å²) in [5.74, 6) is 9.66. The van der Waals surface area contributed by atoms with Crippen LogP contribution in [0.25, 0.3) is 0 Å². The van der Waals surface area contributed by atoms with Gasteiger partial charge in [0.1, 0.15) is 8.07 Å². The fraction of sp³-hybridized carbons (Fsp3) is 0.444. The van der Waals surface area contributed by atoms with E-state index in [1.807, 2.05) is 31.2 Å². The van der Waals surface area contributed by atoms with E-state index in [4.69, 9.17) is 0 Å². The molecule has 2 heteroatoms. The first kappa shape index (κ1) is 16.6. The van der Waals surface area contributed by atoms with Crippen LogP contribution in [-0.4, -0.2) is 19.3 Å². The van der Waals surface area contributed by atoms with Crippen molar-refractivity contribution in [1.82, 2.24) is 0 Å². The van der Waals surface area contributed by atoms with Crippen LogP contribution in [0.15, 0.2) is 24.3 Å². The van der Waals surface area contributed by atoms with Crippen LogP contribution in [0.4, 0.5) is 0 Å². The van der Waals surface area contributed by atoms with Crippen LogP contribution in [0.5, 0.6) is 0 Å². The van der Waals surface area contributed by atoms with Gasteiger partial charge < -0.3 is 5.11 Å². The van der Waals surface area contributed by atoms with E-state index in [2.05, 4.69) is 42.9 Å². The zero-order valence-electron chi connectivity index (χ0n) is 13.0. The van der Waals surface area contributed by atoms with Gasteiger partial charge in [0.05, 0.1) is 6.10 Å². The van der Waals surface area contributed by atoms with Gasteiger partial charge in [-0.05, 0) is 31.9 Å². The topological polar surface area (TPSA) is 20.2 Å². The Bertz CT molecular complexity index is 544. The number of hydrogen-bond donors (Lipinski definition) is 1. The quantitative estimate of drug-likeness (QED) is 0.508. The van der Waals surface area contributed by atoms with Gasteiger partial charge in [0.2, 0.25) is 0 Å². The summed E-state index contributed by atoms with van der Waals surface area (Å²) in [6, 6.07) is 8.06. The monoisotopic (exact) mass is 284 g/mol. The minimum Gasteiger partial charge on any atom is -0.393 e. The Kier molecular flexibility index (Phi) is 6.59. The van der Waals surface area contributed by atoms with Crippen LogP contribution < -0.4 is 0 Å². The SMILES string of the molecule is CC(O)CCCC#Cc1ccccc1C#C[Si](C)(C)C. The van der Waals surface area contributed by atoms with Crippen molar-refractivity contribution in [2.45, 2.75) is 51.9 Å². The van der Waals surface area contributed by atoms with Crippen molar-refractivity contribution < 1.29 is 5.11 Å². The van der Waals surface area contributed by atoms with Crippen LogP contribution in [0.2, 0.25) is 19.6 Å². The molecule has 20 heavy (non-hydrogen) atoms. The fourth-order valence-corrected chi connectivity index (χ4v) is 2.11. The largest absolute Gasteiger partial charge is 0.393 e. The number of hydrogen-bond acceptors (Lipinski definition) is 1. The molecule has 106 valence electrons. The van der Waals surface area contributed by atoms with E-state index in [0.717, 1.165) is 30.4 Å². The average Bonchev–Trinajstić information content (AvgIpc) is 2.36. The van der Waals surface area contributed by atoms with Gasteiger partial charge in [-0.2, -0.15) is 0 Å². The molecule has 0 aliphatic heterocycles. The molecule has 0 spiro atoms. The number of benzene rings is 1. The third-order valence-corrected chi connectivity index (χ3v) is 3.52. The van der Waals surface area contributed by atoms with E-state index >= 15 is 0 Å². The van der Waals surface area contributed by atoms with E-state index in [1.165, 1.54) is 0 Å². The molecule has 1 unspecified atom stereocenters. The molecule has 0 bridgehead atoms. The van der Waals surface area contributed by atoms with Crippen molar-refractivity contribution in [2.75, 3.05) is 0 Å². The Morgan fingerprint density at radius 3 is 2.25 bits per heavy atom. The summed E-state index contributed by atoms with van der Waals surface area (Å²) in [7, 11) is -1.36. The molecule has 0 fully saturated rings. The van der Waals surface area contributed by atoms with E-state index in [-0.39, 0.29) is 6.10 Å². The van der Waals surface area contributed by atoms with E-state index in [1.54, 1.807) is 0 Å². The van der Waals surface area contributed by atoms with Crippen molar-refractivity contribution in [3.63, 3.8) is 0 Å². The molecule has 1 aromatic carbocycles. The minimum atomic E-state index is -1.36. The molecule has 1 N–H and O–H groups in total. The second-order valence-electron chi connectivity index (χ2n) is 6.09. The van der Waals surface area contributed by atoms with Gasteiger partial charge in [0.25, 0.3) is 0 Å². The molecule has 0 saturated heterocycles. The first-order chi connectivity index (χ1) is 9.38. The highest BCUT2D eigenvalue weighted by Gasteiger charge is 2.07. The zero-order chi connectivity index (χ0) is 15.0. The predicted molar refractivity (Wildman–Crippen MR) is 89.1 cm³/mol. The van der Waals surface area contributed by atoms with Crippen LogP contribution >= 0.6 is 0 Å². The number of rotatable bonds is 3. The lowest BCUT2D eigenvalue weighted by Gasteiger charge is -2.04. The average molecular weight is 284 g/mol. The Morgan fingerprint density at radius 1 is 1.10 bits per heavy atom. The molecule has 0 saturated carbocycles. The van der Waals surface area contributed by atoms with Crippen LogP contribution in [0.1, 0.15) is 37.3 Å². The minimum absolute atomic E-state index is 0.230. The molecule has 0 amide bonds. The van der Waals surface area contributed by atoms with Crippen molar-refractivity contribution >= 4 is 8.07 Å². The maximum Gasteiger partial charge on any atom is 0.129 e. The molecule has 1 aromatic rings. The van der Waals surface area contributed by atoms with Gasteiger partial charge in [-0.25, -0.2) is 0 Å². The van der Waals surface area contributed by atoms with E-state index in [9.17, 15) is 5.11 Å². The summed E-state index contributed by atoms with van der Waals surface area (Å²) in [6.45, 7) is 8.54. The third-order valence-electron chi connectivity index (χ3n) is 2.65. The molecule has 0 aliphatic carbocycles. The molecular weight excluding hydrogens is 260 g/mol. The molecule has 1 rings (SSSR count). The highest BCUT2D eigenvalue weighted by Crippen LogP contribution is 2.07. The summed E-state index contributed by atoms with van der Waals surface area (Å²) in [5, 5.41) is 9.20. The van der Waals surface area contributed by atoms with Crippen LogP contribution in [0, 0.1) is 23.3 Å². The Balaban J connectivity index is 2.76. The Morgan fingerprint density at radius 2 is 1.70 bits per heavy atom. The standard InChI is InChI=1S/C18H24OSi/c1-16(19)10-6-5-7-11-17-12-8-9-13-18(17)14-15-20(2,3)4/h8-9,12-13,16,19H,5-6,10H2,1-4H3. The second-order valence-corrected chi connectivity index (χ2v) is 10.8. The highest BCUT2D eigenvalue weighted by molar-refractivity contribution is 6.83. The van der Waals surface area contributed by atoms with Crippen molar-refractivity contribution in [3.8, 4) is 23.3 Å². The van der Waals surface area contributed by atoms with E-state index in [0.29, 0.717) is 0 Å². The molecule has 0 aromatic heterocycles. The lowest BCUT2D eigenvalue weighted by Crippen LogP contribution is -2.16. The van der Waals surface area contributed by atoms with Gasteiger partial charge in [0, 0.05) is 17.5 Å². The summed E-state index contributed by atoms with van der Waals surface area (Å²) >= 11 is 0. The summed E-state index contributed by atoms with van der Waals surface area (Å²) < 4.78 is 0. The van der Waals surface area contributed by atoms with Crippen LogP contribution in [0.3, 0.4) is 0 Å². The summed E-state index contributed by atoms with van der Waals surface area (Å²) in [5.41, 5.74) is 5.42. The highest BCUT2D eigenvalue weighted by atomic mass is 28.3.